The lowest BCUT2D eigenvalue weighted by molar-refractivity contribution is -0.117. The molecular formula is C20H22F2N4O2. The minimum absolute atomic E-state index is 0.0255. The van der Waals surface area contributed by atoms with Crippen LogP contribution in [0.25, 0.3) is 0 Å². The number of hydrogen-bond donors (Lipinski definition) is 3. The first-order valence-electron chi connectivity index (χ1n) is 9.09. The molecule has 3 amide bonds. The normalized spacial score (nSPS) is 15.1. The second kappa shape index (κ2) is 9.27. The molecule has 0 aliphatic carbocycles. The number of halogens is 2. The highest BCUT2D eigenvalue weighted by atomic mass is 19.1. The number of piperidine rings is 1. The molecule has 0 spiro atoms. The van der Waals surface area contributed by atoms with Crippen LogP contribution in [-0.2, 0) is 4.79 Å². The Labute approximate surface area is 161 Å². The summed E-state index contributed by atoms with van der Waals surface area (Å²) in [6, 6.07) is 12.0. The first-order valence-corrected chi connectivity index (χ1v) is 9.09. The van der Waals surface area contributed by atoms with Crippen LogP contribution in [0.5, 0.6) is 0 Å². The zero-order valence-electron chi connectivity index (χ0n) is 15.3. The van der Waals surface area contributed by atoms with Gasteiger partial charge in [-0.3, -0.25) is 9.69 Å². The van der Waals surface area contributed by atoms with Crippen LogP contribution < -0.4 is 16.0 Å². The number of benzene rings is 2. The van der Waals surface area contributed by atoms with E-state index in [4.69, 9.17) is 0 Å². The maximum Gasteiger partial charge on any atom is 0.319 e. The highest BCUT2D eigenvalue weighted by molar-refractivity contribution is 5.92. The van der Waals surface area contributed by atoms with E-state index in [0.29, 0.717) is 25.9 Å². The molecule has 1 heterocycles. The molecule has 0 radical (unpaired) electrons. The van der Waals surface area contributed by atoms with E-state index in [0.717, 1.165) is 17.8 Å². The van der Waals surface area contributed by atoms with Gasteiger partial charge in [-0.15, -0.1) is 0 Å². The van der Waals surface area contributed by atoms with Crippen LogP contribution in [0, 0.1) is 11.6 Å². The van der Waals surface area contributed by atoms with Gasteiger partial charge in [-0.25, -0.2) is 13.6 Å². The molecule has 0 bridgehead atoms. The number of amides is 3. The van der Waals surface area contributed by atoms with E-state index < -0.39 is 11.6 Å². The first kappa shape index (κ1) is 19.8. The van der Waals surface area contributed by atoms with Crippen molar-refractivity contribution in [2.45, 2.75) is 18.9 Å². The Kier molecular flexibility index (Phi) is 6.54. The number of urea groups is 1. The van der Waals surface area contributed by atoms with Crippen molar-refractivity contribution in [2.75, 3.05) is 30.3 Å². The molecule has 2 aromatic carbocycles. The maximum absolute atomic E-state index is 13.6. The van der Waals surface area contributed by atoms with Gasteiger partial charge in [-0.1, -0.05) is 18.2 Å². The predicted octanol–water partition coefficient (Wildman–Crippen LogP) is 3.19. The van der Waals surface area contributed by atoms with Crippen molar-refractivity contribution in [1.29, 1.82) is 0 Å². The predicted molar refractivity (Wildman–Crippen MR) is 103 cm³/mol. The molecule has 3 N–H and O–H groups in total. The topological polar surface area (TPSA) is 73.5 Å². The van der Waals surface area contributed by atoms with E-state index in [1.165, 1.54) is 6.07 Å². The minimum atomic E-state index is -0.805. The van der Waals surface area contributed by atoms with Crippen molar-refractivity contribution in [2.24, 2.45) is 0 Å². The van der Waals surface area contributed by atoms with Crippen LogP contribution in [0.15, 0.2) is 48.5 Å². The maximum atomic E-state index is 13.6. The largest absolute Gasteiger partial charge is 0.335 e. The fourth-order valence-corrected chi connectivity index (χ4v) is 3.09. The third-order valence-electron chi connectivity index (χ3n) is 4.53. The summed E-state index contributed by atoms with van der Waals surface area (Å²) in [5.74, 6) is -1.86. The van der Waals surface area contributed by atoms with Gasteiger partial charge in [-0.2, -0.15) is 0 Å². The Morgan fingerprint density at radius 2 is 1.71 bits per heavy atom. The Bertz CT molecular complexity index is 824. The van der Waals surface area contributed by atoms with Gasteiger partial charge in [0, 0.05) is 30.9 Å². The van der Waals surface area contributed by atoms with Gasteiger partial charge < -0.3 is 16.0 Å². The zero-order chi connectivity index (χ0) is 19.9. The van der Waals surface area contributed by atoms with Gasteiger partial charge in [0.1, 0.15) is 11.6 Å². The Morgan fingerprint density at radius 3 is 2.39 bits per heavy atom. The van der Waals surface area contributed by atoms with Crippen molar-refractivity contribution in [3.05, 3.63) is 60.2 Å². The fourth-order valence-electron chi connectivity index (χ4n) is 3.09. The van der Waals surface area contributed by atoms with Gasteiger partial charge in [0.2, 0.25) is 5.91 Å². The zero-order valence-corrected chi connectivity index (χ0v) is 15.3. The van der Waals surface area contributed by atoms with Crippen LogP contribution in [-0.4, -0.2) is 42.5 Å². The molecule has 1 saturated heterocycles. The molecule has 148 valence electrons. The number of carbonyl (C=O) groups excluding carboxylic acids is 2. The Balaban J connectivity index is 1.40. The molecule has 1 fully saturated rings. The molecule has 0 aromatic heterocycles. The molecule has 1 aliphatic heterocycles. The van der Waals surface area contributed by atoms with Gasteiger partial charge in [-0.05, 0) is 37.1 Å². The van der Waals surface area contributed by atoms with Crippen LogP contribution in [0.4, 0.5) is 25.0 Å². The molecular weight excluding hydrogens is 366 g/mol. The summed E-state index contributed by atoms with van der Waals surface area (Å²) in [7, 11) is 0. The van der Waals surface area contributed by atoms with Gasteiger partial charge in [0.25, 0.3) is 0 Å². The summed E-state index contributed by atoms with van der Waals surface area (Å²) in [6.07, 6.45) is 1.42. The van der Waals surface area contributed by atoms with Crippen LogP contribution in [0.1, 0.15) is 12.8 Å². The van der Waals surface area contributed by atoms with Crippen molar-refractivity contribution < 1.29 is 18.4 Å². The van der Waals surface area contributed by atoms with Crippen LogP contribution in [0.3, 0.4) is 0 Å². The highest BCUT2D eigenvalue weighted by Crippen LogP contribution is 2.16. The summed E-state index contributed by atoms with van der Waals surface area (Å²) >= 11 is 0. The smallest absolute Gasteiger partial charge is 0.319 e. The first-order chi connectivity index (χ1) is 13.5. The highest BCUT2D eigenvalue weighted by Gasteiger charge is 2.22. The summed E-state index contributed by atoms with van der Waals surface area (Å²) in [6.45, 7) is 1.38. The molecule has 6 nitrogen and oxygen atoms in total. The van der Waals surface area contributed by atoms with E-state index >= 15 is 0 Å². The number of nitrogens with zero attached hydrogens (tertiary/aromatic N) is 1. The third kappa shape index (κ3) is 5.75. The molecule has 0 saturated carbocycles. The van der Waals surface area contributed by atoms with E-state index in [2.05, 4.69) is 16.0 Å². The van der Waals surface area contributed by atoms with E-state index in [1.54, 1.807) is 0 Å². The molecule has 1 aliphatic rings. The Hall–Kier alpha value is -3.00. The standard InChI is InChI=1S/C20H22F2N4O2/c21-14-6-7-18(17(22)12-14)25-19(27)13-26-10-8-16(9-11-26)24-20(28)23-15-4-2-1-3-5-15/h1-7,12,16H,8-11,13H2,(H,25,27)(H2,23,24,28). The molecule has 28 heavy (non-hydrogen) atoms. The number of hydrogen-bond acceptors (Lipinski definition) is 3. The van der Waals surface area contributed by atoms with Gasteiger partial charge in [0.15, 0.2) is 0 Å². The minimum Gasteiger partial charge on any atom is -0.335 e. The van der Waals surface area contributed by atoms with E-state index in [1.807, 2.05) is 35.2 Å². The lowest BCUT2D eigenvalue weighted by atomic mass is 10.1. The van der Waals surface area contributed by atoms with Gasteiger partial charge >= 0.3 is 6.03 Å². The number of para-hydroxylation sites is 1. The lowest BCUT2D eigenvalue weighted by Crippen LogP contribution is -2.47. The average Bonchev–Trinajstić information content (AvgIpc) is 2.66. The quantitative estimate of drug-likeness (QED) is 0.737. The number of anilines is 2. The number of carbonyl (C=O) groups is 2. The lowest BCUT2D eigenvalue weighted by Gasteiger charge is -2.31. The third-order valence-corrected chi connectivity index (χ3v) is 4.53. The van der Waals surface area contributed by atoms with Crippen LogP contribution in [0.2, 0.25) is 0 Å². The second-order valence-electron chi connectivity index (χ2n) is 6.69. The summed E-state index contributed by atoms with van der Waals surface area (Å²) in [4.78, 5) is 26.1. The summed E-state index contributed by atoms with van der Waals surface area (Å²) in [5.41, 5.74) is 0.683. The molecule has 3 rings (SSSR count). The van der Waals surface area contributed by atoms with Crippen molar-refractivity contribution in [3.8, 4) is 0 Å². The Morgan fingerprint density at radius 1 is 1.00 bits per heavy atom. The monoisotopic (exact) mass is 388 g/mol. The van der Waals surface area contributed by atoms with E-state index in [9.17, 15) is 18.4 Å². The summed E-state index contributed by atoms with van der Waals surface area (Å²) < 4.78 is 26.5. The average molecular weight is 388 g/mol. The van der Waals surface area contributed by atoms with Crippen molar-refractivity contribution in [3.63, 3.8) is 0 Å². The molecule has 8 heteroatoms. The number of likely N-dealkylation sites (tertiary alicyclic amines) is 1. The SMILES string of the molecule is O=C(CN1CCC(NC(=O)Nc2ccccc2)CC1)Nc1ccc(F)cc1F. The number of rotatable bonds is 5. The van der Waals surface area contributed by atoms with Gasteiger partial charge in [0.05, 0.1) is 12.2 Å². The molecule has 2 aromatic rings. The van der Waals surface area contributed by atoms with Crippen molar-refractivity contribution in [1.82, 2.24) is 10.2 Å². The second-order valence-corrected chi connectivity index (χ2v) is 6.69. The number of nitrogens with one attached hydrogen (secondary N) is 3. The van der Waals surface area contributed by atoms with E-state index in [-0.39, 0.29) is 30.2 Å². The van der Waals surface area contributed by atoms with Crippen molar-refractivity contribution >= 4 is 23.3 Å². The summed E-state index contributed by atoms with van der Waals surface area (Å²) in [5, 5.41) is 8.16. The fraction of sp³-hybridized carbons (Fsp3) is 0.300. The molecule has 0 unspecified atom stereocenters. The van der Waals surface area contributed by atoms with Crippen LogP contribution >= 0.6 is 0 Å². The molecule has 0 atom stereocenters.